The number of hydrogen-bond donors (Lipinski definition) is 2. The Labute approximate surface area is 195 Å². The Bertz CT molecular complexity index is 1180. The van der Waals surface area contributed by atoms with Crippen LogP contribution in [0.3, 0.4) is 0 Å². The first-order valence-electron chi connectivity index (χ1n) is 11.7. The molecule has 1 unspecified atom stereocenters. The van der Waals surface area contributed by atoms with Crippen LogP contribution in [0.4, 0.5) is 0 Å². The predicted octanol–water partition coefficient (Wildman–Crippen LogP) is 3.67. The van der Waals surface area contributed by atoms with Crippen LogP contribution < -0.4 is 10.9 Å². The lowest BCUT2D eigenvalue weighted by Crippen LogP contribution is -2.38. The van der Waals surface area contributed by atoms with Gasteiger partial charge >= 0.3 is 0 Å². The molecule has 2 N–H and O–H groups in total. The van der Waals surface area contributed by atoms with Gasteiger partial charge in [0.05, 0.1) is 5.71 Å². The molecule has 0 radical (unpaired) electrons. The summed E-state index contributed by atoms with van der Waals surface area (Å²) in [5, 5.41) is 23.6. The summed E-state index contributed by atoms with van der Waals surface area (Å²) in [6.07, 6.45) is 6.53. The topological polar surface area (TPSA) is 82.2 Å². The first-order valence-corrected chi connectivity index (χ1v) is 11.7. The first-order chi connectivity index (χ1) is 15.8. The molecule has 0 aliphatic carbocycles. The predicted molar refractivity (Wildman–Crippen MR) is 134 cm³/mol. The lowest BCUT2D eigenvalue weighted by molar-refractivity contribution is 0.445. The summed E-state index contributed by atoms with van der Waals surface area (Å²) in [7, 11) is 1.71. The van der Waals surface area contributed by atoms with E-state index in [1.165, 1.54) is 10.1 Å². The Balaban J connectivity index is 1.61. The number of nitrogens with one attached hydrogen (secondary N) is 1. The number of phenolic OH excluding ortho intramolecular Hbond substituents is 1. The standard InChI is InChI=1S/C26H33N5O2/c1-5-18-12-23(28-29-25(13-18)31-11-9-21(16-31)27-17(2)3)22-7-6-19(14-24(22)32)20-8-10-30(4)26(33)15-20/h6-8,10,12,14-15,17,21,27,32H,5,9,11,13,16H2,1-4H3. The van der Waals surface area contributed by atoms with E-state index in [0.29, 0.717) is 23.4 Å². The minimum atomic E-state index is -0.0886. The van der Waals surface area contributed by atoms with Gasteiger partial charge in [0.1, 0.15) is 11.6 Å². The van der Waals surface area contributed by atoms with Crippen molar-refractivity contribution in [3.8, 4) is 16.9 Å². The summed E-state index contributed by atoms with van der Waals surface area (Å²) in [5.41, 5.74) is 4.00. The molecule has 0 amide bonds. The van der Waals surface area contributed by atoms with E-state index in [4.69, 9.17) is 0 Å². The Morgan fingerprint density at radius 1 is 1.18 bits per heavy atom. The third-order valence-corrected chi connectivity index (χ3v) is 6.29. The molecule has 1 fully saturated rings. The Morgan fingerprint density at radius 3 is 2.67 bits per heavy atom. The molecule has 1 aromatic carbocycles. The average Bonchev–Trinajstić information content (AvgIpc) is 3.12. The lowest BCUT2D eigenvalue weighted by atomic mass is 9.99. The van der Waals surface area contributed by atoms with E-state index in [2.05, 4.69) is 41.2 Å². The van der Waals surface area contributed by atoms with Crippen molar-refractivity contribution in [2.75, 3.05) is 13.1 Å². The minimum Gasteiger partial charge on any atom is -0.507 e. The van der Waals surface area contributed by atoms with Crippen molar-refractivity contribution in [1.29, 1.82) is 0 Å². The smallest absolute Gasteiger partial charge is 0.250 e. The van der Waals surface area contributed by atoms with Crippen LogP contribution in [0.15, 0.2) is 63.2 Å². The number of nitrogens with zero attached hydrogens (tertiary/aromatic N) is 4. The average molecular weight is 448 g/mol. The zero-order valence-electron chi connectivity index (χ0n) is 19.9. The van der Waals surface area contributed by atoms with Crippen LogP contribution in [0.2, 0.25) is 0 Å². The quantitative estimate of drug-likeness (QED) is 0.733. The Morgan fingerprint density at radius 2 is 1.97 bits per heavy atom. The number of rotatable bonds is 5. The van der Waals surface area contributed by atoms with Gasteiger partial charge < -0.3 is 19.9 Å². The number of aromatic nitrogens is 1. The summed E-state index contributed by atoms with van der Waals surface area (Å²) in [4.78, 5) is 14.3. The molecule has 174 valence electrons. The molecule has 33 heavy (non-hydrogen) atoms. The summed E-state index contributed by atoms with van der Waals surface area (Å²) < 4.78 is 1.52. The third-order valence-electron chi connectivity index (χ3n) is 6.29. The van der Waals surface area contributed by atoms with Crippen LogP contribution in [-0.4, -0.2) is 51.3 Å². The van der Waals surface area contributed by atoms with Crippen LogP contribution in [-0.2, 0) is 7.05 Å². The number of aryl methyl sites for hydroxylation is 1. The van der Waals surface area contributed by atoms with E-state index in [9.17, 15) is 9.90 Å². The highest BCUT2D eigenvalue weighted by molar-refractivity contribution is 6.12. The number of pyridine rings is 1. The van der Waals surface area contributed by atoms with E-state index in [0.717, 1.165) is 49.3 Å². The van der Waals surface area contributed by atoms with Crippen LogP contribution in [0.5, 0.6) is 5.75 Å². The highest BCUT2D eigenvalue weighted by Gasteiger charge is 2.26. The molecule has 1 saturated heterocycles. The van der Waals surface area contributed by atoms with E-state index < -0.39 is 0 Å². The first kappa shape index (κ1) is 23.0. The molecule has 2 aromatic rings. The van der Waals surface area contributed by atoms with E-state index in [1.54, 1.807) is 25.4 Å². The van der Waals surface area contributed by atoms with Gasteiger partial charge in [0.15, 0.2) is 0 Å². The van der Waals surface area contributed by atoms with Crippen LogP contribution in [0.1, 0.15) is 45.6 Å². The summed E-state index contributed by atoms with van der Waals surface area (Å²) >= 11 is 0. The zero-order chi connectivity index (χ0) is 23.5. The van der Waals surface area contributed by atoms with Gasteiger partial charge in [0, 0.05) is 56.5 Å². The van der Waals surface area contributed by atoms with Crippen LogP contribution in [0.25, 0.3) is 11.1 Å². The van der Waals surface area contributed by atoms with Crippen molar-refractivity contribution in [1.82, 2.24) is 14.8 Å². The Hall–Kier alpha value is -3.19. The second-order valence-corrected chi connectivity index (χ2v) is 9.18. The fourth-order valence-electron chi connectivity index (χ4n) is 4.42. The fourth-order valence-corrected chi connectivity index (χ4v) is 4.42. The Kier molecular flexibility index (Phi) is 6.79. The highest BCUT2D eigenvalue weighted by atomic mass is 16.3. The number of aromatic hydroxyl groups is 1. The van der Waals surface area contributed by atoms with Gasteiger partial charge in [-0.25, -0.2) is 0 Å². The molecule has 7 heteroatoms. The molecular formula is C26H33N5O2. The van der Waals surface area contributed by atoms with Crippen molar-refractivity contribution >= 4 is 11.5 Å². The third kappa shape index (κ3) is 5.25. The molecule has 0 bridgehead atoms. The van der Waals surface area contributed by atoms with Crippen molar-refractivity contribution < 1.29 is 5.11 Å². The summed E-state index contributed by atoms with van der Waals surface area (Å²) in [5.74, 6) is 1.11. The molecule has 3 heterocycles. The number of allylic oxidation sites excluding steroid dienone is 1. The van der Waals surface area contributed by atoms with E-state index >= 15 is 0 Å². The molecule has 2 aliphatic heterocycles. The van der Waals surface area contributed by atoms with Gasteiger partial charge in [-0.1, -0.05) is 32.4 Å². The van der Waals surface area contributed by atoms with Crippen molar-refractivity contribution in [3.05, 3.63) is 64.1 Å². The van der Waals surface area contributed by atoms with Crippen LogP contribution >= 0.6 is 0 Å². The molecule has 1 atom stereocenters. The number of amidine groups is 1. The SMILES string of the molecule is CCC1=CC(c2ccc(-c3ccn(C)c(=O)c3)cc2O)=NN=C(N2CCC(NC(C)C)C2)C1. The second-order valence-electron chi connectivity index (χ2n) is 9.18. The number of phenols is 1. The zero-order valence-corrected chi connectivity index (χ0v) is 19.9. The van der Waals surface area contributed by atoms with E-state index in [1.807, 2.05) is 24.3 Å². The molecule has 1 aromatic heterocycles. The fraction of sp³-hybridized carbons (Fsp3) is 0.423. The molecule has 0 spiro atoms. The van der Waals surface area contributed by atoms with Gasteiger partial charge in [-0.05, 0) is 48.2 Å². The van der Waals surface area contributed by atoms with Gasteiger partial charge in [-0.15, -0.1) is 10.2 Å². The van der Waals surface area contributed by atoms with Gasteiger partial charge in [0.25, 0.3) is 5.56 Å². The monoisotopic (exact) mass is 447 g/mol. The van der Waals surface area contributed by atoms with Crippen molar-refractivity contribution in [2.45, 2.75) is 52.1 Å². The van der Waals surface area contributed by atoms with Gasteiger partial charge in [-0.2, -0.15) is 0 Å². The molecule has 4 rings (SSSR count). The van der Waals surface area contributed by atoms with Crippen molar-refractivity contribution in [2.24, 2.45) is 17.3 Å². The lowest BCUT2D eigenvalue weighted by Gasteiger charge is -2.21. The second kappa shape index (κ2) is 9.75. The summed E-state index contributed by atoms with van der Waals surface area (Å²) in [6.45, 7) is 8.40. The maximum Gasteiger partial charge on any atom is 0.250 e. The molecular weight excluding hydrogens is 414 g/mol. The molecule has 0 saturated carbocycles. The van der Waals surface area contributed by atoms with Gasteiger partial charge in [0.2, 0.25) is 0 Å². The van der Waals surface area contributed by atoms with Gasteiger partial charge in [-0.3, -0.25) is 4.79 Å². The normalized spacial score (nSPS) is 18.8. The summed E-state index contributed by atoms with van der Waals surface area (Å²) in [6, 6.07) is 9.81. The number of hydrogen-bond acceptors (Lipinski definition) is 6. The number of benzene rings is 1. The van der Waals surface area contributed by atoms with E-state index in [-0.39, 0.29) is 11.3 Å². The number of likely N-dealkylation sites (tertiary alicyclic amines) is 1. The minimum absolute atomic E-state index is 0.0886. The molecule has 7 nitrogen and oxygen atoms in total. The molecule has 2 aliphatic rings. The highest BCUT2D eigenvalue weighted by Crippen LogP contribution is 2.28. The maximum absolute atomic E-state index is 12.0. The van der Waals surface area contributed by atoms with Crippen LogP contribution in [0, 0.1) is 0 Å². The van der Waals surface area contributed by atoms with Crippen molar-refractivity contribution in [3.63, 3.8) is 0 Å². The maximum atomic E-state index is 12.0. The largest absolute Gasteiger partial charge is 0.507 e.